The molecule has 0 amide bonds. The second-order valence-electron chi connectivity index (χ2n) is 4.66. The summed E-state index contributed by atoms with van der Waals surface area (Å²) < 4.78 is 0. The highest BCUT2D eigenvalue weighted by atomic mass is 16.1. The molecule has 19 heavy (non-hydrogen) atoms. The summed E-state index contributed by atoms with van der Waals surface area (Å²) in [6.07, 6.45) is 0. The molecule has 0 fully saturated rings. The Labute approximate surface area is 111 Å². The van der Waals surface area contributed by atoms with Crippen molar-refractivity contribution in [1.82, 2.24) is 4.98 Å². The molecule has 0 saturated heterocycles. The number of benzene rings is 2. The number of anilines is 1. The summed E-state index contributed by atoms with van der Waals surface area (Å²) in [6, 6.07) is 15.4. The first-order chi connectivity index (χ1) is 9.13. The minimum atomic E-state index is 0.0807. The van der Waals surface area contributed by atoms with Crippen molar-refractivity contribution in [2.75, 3.05) is 5.73 Å². The first-order valence-corrected chi connectivity index (χ1v) is 6.13. The quantitative estimate of drug-likeness (QED) is 0.539. The van der Waals surface area contributed by atoms with Gasteiger partial charge in [0.25, 0.3) is 0 Å². The zero-order valence-electron chi connectivity index (χ0n) is 10.6. The zero-order valence-corrected chi connectivity index (χ0v) is 10.6. The van der Waals surface area contributed by atoms with Crippen LogP contribution in [0.2, 0.25) is 0 Å². The number of hydrogen-bond acceptors (Lipinski definition) is 2. The maximum atomic E-state index is 11.4. The molecule has 3 aromatic rings. The molecule has 3 heteroatoms. The van der Waals surface area contributed by atoms with Crippen LogP contribution in [-0.2, 0) is 0 Å². The summed E-state index contributed by atoms with van der Waals surface area (Å²) in [6.45, 7) is 1.58. The molecule has 0 saturated carbocycles. The van der Waals surface area contributed by atoms with Crippen LogP contribution in [0.4, 0.5) is 5.69 Å². The Morgan fingerprint density at radius 1 is 1.05 bits per heavy atom. The molecule has 0 aliphatic carbocycles. The van der Waals surface area contributed by atoms with E-state index in [0.29, 0.717) is 0 Å². The molecule has 0 aliphatic heterocycles. The van der Waals surface area contributed by atoms with Crippen LogP contribution >= 0.6 is 0 Å². The molecule has 0 bridgehead atoms. The number of Topliss-reactive ketones (excluding diaryl/α,β-unsaturated/α-hetero) is 1. The van der Waals surface area contributed by atoms with E-state index in [-0.39, 0.29) is 5.78 Å². The van der Waals surface area contributed by atoms with E-state index >= 15 is 0 Å². The van der Waals surface area contributed by atoms with Crippen LogP contribution in [0.1, 0.15) is 17.3 Å². The molecule has 0 radical (unpaired) electrons. The molecular weight excluding hydrogens is 236 g/mol. The predicted octanol–water partition coefficient (Wildman–Crippen LogP) is 3.62. The van der Waals surface area contributed by atoms with Crippen LogP contribution < -0.4 is 5.73 Å². The Morgan fingerprint density at radius 3 is 2.47 bits per heavy atom. The first kappa shape index (κ1) is 11.5. The van der Waals surface area contributed by atoms with Gasteiger partial charge in [0.05, 0.1) is 0 Å². The van der Waals surface area contributed by atoms with Crippen molar-refractivity contribution in [2.24, 2.45) is 0 Å². The summed E-state index contributed by atoms with van der Waals surface area (Å²) in [5.74, 6) is 0.0807. The number of H-pyrrole nitrogens is 1. The minimum absolute atomic E-state index is 0.0807. The highest BCUT2D eigenvalue weighted by molar-refractivity contribution is 5.98. The van der Waals surface area contributed by atoms with E-state index in [9.17, 15) is 4.79 Å². The van der Waals surface area contributed by atoms with Crippen molar-refractivity contribution in [2.45, 2.75) is 6.92 Å². The van der Waals surface area contributed by atoms with Crippen LogP contribution in [0.5, 0.6) is 0 Å². The SMILES string of the molecule is CC(=O)c1ccc2[nH]c(-c3ccc(N)cc3)cc2c1. The molecule has 0 atom stereocenters. The Balaban J connectivity index is 2.11. The summed E-state index contributed by atoms with van der Waals surface area (Å²) in [4.78, 5) is 14.7. The Bertz CT molecular complexity index is 754. The molecule has 1 heterocycles. The van der Waals surface area contributed by atoms with Gasteiger partial charge in [0.1, 0.15) is 0 Å². The second kappa shape index (κ2) is 4.28. The van der Waals surface area contributed by atoms with Gasteiger partial charge >= 0.3 is 0 Å². The molecular formula is C16H14N2O. The predicted molar refractivity (Wildman–Crippen MR) is 78.2 cm³/mol. The average Bonchev–Trinajstić information content (AvgIpc) is 2.82. The highest BCUT2D eigenvalue weighted by Crippen LogP contribution is 2.25. The lowest BCUT2D eigenvalue weighted by Crippen LogP contribution is -1.89. The lowest BCUT2D eigenvalue weighted by molar-refractivity contribution is 0.101. The van der Waals surface area contributed by atoms with Crippen LogP contribution in [0.25, 0.3) is 22.2 Å². The first-order valence-electron chi connectivity index (χ1n) is 6.13. The molecule has 0 aliphatic rings. The number of nitrogen functional groups attached to an aromatic ring is 1. The fourth-order valence-electron chi connectivity index (χ4n) is 2.17. The summed E-state index contributed by atoms with van der Waals surface area (Å²) in [5.41, 5.74) is 10.3. The molecule has 94 valence electrons. The van der Waals surface area contributed by atoms with Gasteiger partial charge in [0, 0.05) is 27.8 Å². The fraction of sp³-hybridized carbons (Fsp3) is 0.0625. The van der Waals surface area contributed by atoms with Gasteiger partial charge in [-0.2, -0.15) is 0 Å². The normalized spacial score (nSPS) is 10.8. The number of nitrogens with two attached hydrogens (primary N) is 1. The van der Waals surface area contributed by atoms with E-state index in [4.69, 9.17) is 5.73 Å². The number of carbonyl (C=O) groups excluding carboxylic acids is 1. The smallest absolute Gasteiger partial charge is 0.159 e. The highest BCUT2D eigenvalue weighted by Gasteiger charge is 2.06. The molecule has 0 spiro atoms. The van der Waals surface area contributed by atoms with E-state index in [1.165, 1.54) is 0 Å². The van der Waals surface area contributed by atoms with E-state index in [0.717, 1.165) is 33.4 Å². The number of rotatable bonds is 2. The standard InChI is InChI=1S/C16H14N2O/c1-10(19)12-4-7-15-13(8-12)9-16(18-15)11-2-5-14(17)6-3-11/h2-9,18H,17H2,1H3. The zero-order chi connectivity index (χ0) is 13.4. The number of ketones is 1. The Kier molecular flexibility index (Phi) is 2.60. The van der Waals surface area contributed by atoms with Gasteiger partial charge in [-0.05, 0) is 48.9 Å². The topological polar surface area (TPSA) is 58.9 Å². The van der Waals surface area contributed by atoms with Crippen LogP contribution in [0.15, 0.2) is 48.5 Å². The van der Waals surface area contributed by atoms with Crippen molar-refractivity contribution in [3.05, 3.63) is 54.1 Å². The van der Waals surface area contributed by atoms with E-state index in [1.807, 2.05) is 48.5 Å². The average molecular weight is 250 g/mol. The number of hydrogen-bond donors (Lipinski definition) is 2. The summed E-state index contributed by atoms with van der Waals surface area (Å²) >= 11 is 0. The maximum absolute atomic E-state index is 11.4. The van der Waals surface area contributed by atoms with Crippen molar-refractivity contribution in [1.29, 1.82) is 0 Å². The van der Waals surface area contributed by atoms with Crippen molar-refractivity contribution >= 4 is 22.4 Å². The van der Waals surface area contributed by atoms with Gasteiger partial charge in [-0.25, -0.2) is 0 Å². The monoisotopic (exact) mass is 250 g/mol. The number of aromatic nitrogens is 1. The third-order valence-corrected chi connectivity index (χ3v) is 3.25. The number of aromatic amines is 1. The van der Waals surface area contributed by atoms with Crippen LogP contribution in [0, 0.1) is 0 Å². The van der Waals surface area contributed by atoms with Gasteiger partial charge < -0.3 is 10.7 Å². The molecule has 2 aromatic carbocycles. The van der Waals surface area contributed by atoms with E-state index < -0.39 is 0 Å². The molecule has 0 unspecified atom stereocenters. The third-order valence-electron chi connectivity index (χ3n) is 3.25. The Morgan fingerprint density at radius 2 is 1.79 bits per heavy atom. The molecule has 3 rings (SSSR count). The van der Waals surface area contributed by atoms with Gasteiger partial charge in [-0.1, -0.05) is 12.1 Å². The van der Waals surface area contributed by atoms with Gasteiger partial charge in [-0.3, -0.25) is 4.79 Å². The molecule has 3 N–H and O–H groups in total. The van der Waals surface area contributed by atoms with Gasteiger partial charge in [0.2, 0.25) is 0 Å². The fourth-order valence-corrected chi connectivity index (χ4v) is 2.17. The maximum Gasteiger partial charge on any atom is 0.159 e. The number of fused-ring (bicyclic) bond motifs is 1. The summed E-state index contributed by atoms with van der Waals surface area (Å²) in [5, 5.41) is 1.04. The van der Waals surface area contributed by atoms with Crippen LogP contribution in [-0.4, -0.2) is 10.8 Å². The lowest BCUT2D eigenvalue weighted by atomic mass is 10.1. The van der Waals surface area contributed by atoms with Gasteiger partial charge in [-0.15, -0.1) is 0 Å². The third kappa shape index (κ3) is 2.10. The van der Waals surface area contributed by atoms with Crippen LogP contribution in [0.3, 0.4) is 0 Å². The summed E-state index contributed by atoms with van der Waals surface area (Å²) in [7, 11) is 0. The van der Waals surface area contributed by atoms with E-state index in [2.05, 4.69) is 4.98 Å². The van der Waals surface area contributed by atoms with Crippen molar-refractivity contribution in [3.63, 3.8) is 0 Å². The second-order valence-corrected chi connectivity index (χ2v) is 4.66. The number of nitrogens with one attached hydrogen (secondary N) is 1. The van der Waals surface area contributed by atoms with Crippen molar-refractivity contribution < 1.29 is 4.79 Å². The van der Waals surface area contributed by atoms with Gasteiger partial charge in [0.15, 0.2) is 5.78 Å². The van der Waals surface area contributed by atoms with Crippen molar-refractivity contribution in [3.8, 4) is 11.3 Å². The lowest BCUT2D eigenvalue weighted by Gasteiger charge is -1.97. The van der Waals surface area contributed by atoms with E-state index in [1.54, 1.807) is 6.92 Å². The Hall–Kier alpha value is -2.55. The molecule has 1 aromatic heterocycles. The number of carbonyl (C=O) groups is 1. The molecule has 3 nitrogen and oxygen atoms in total. The minimum Gasteiger partial charge on any atom is -0.399 e. The largest absolute Gasteiger partial charge is 0.399 e.